The van der Waals surface area contributed by atoms with Gasteiger partial charge < -0.3 is 4.74 Å². The first-order chi connectivity index (χ1) is 9.62. The largest absolute Gasteiger partial charge is 0.496 e. The summed E-state index contributed by atoms with van der Waals surface area (Å²) in [6.45, 7) is 2.25. The Bertz CT molecular complexity index is 498. The Morgan fingerprint density at radius 3 is 2.65 bits per heavy atom. The van der Waals surface area contributed by atoms with Crippen molar-refractivity contribution < 1.29 is 4.74 Å². The minimum atomic E-state index is -0.209. The van der Waals surface area contributed by atoms with Crippen molar-refractivity contribution in [2.45, 2.75) is 45.4 Å². The first-order valence-electron chi connectivity index (χ1n) is 7.36. The number of nitriles is 1. The van der Waals surface area contributed by atoms with Crippen LogP contribution in [0.3, 0.4) is 0 Å². The predicted octanol–water partition coefficient (Wildman–Crippen LogP) is 5.11. The lowest BCUT2D eigenvalue weighted by Gasteiger charge is -2.35. The summed E-state index contributed by atoms with van der Waals surface area (Å²) in [5.41, 5.74) is 0.929. The summed E-state index contributed by atoms with van der Waals surface area (Å²) in [4.78, 5) is 0. The van der Waals surface area contributed by atoms with Crippen LogP contribution in [0, 0.1) is 22.7 Å². The Balaban J connectivity index is 2.19. The van der Waals surface area contributed by atoms with Crippen molar-refractivity contribution in [3.8, 4) is 11.8 Å². The molecule has 1 saturated carbocycles. The molecule has 108 valence electrons. The maximum absolute atomic E-state index is 9.69. The molecule has 0 atom stereocenters. The topological polar surface area (TPSA) is 33.0 Å². The number of halogens is 1. The molecule has 1 aliphatic rings. The van der Waals surface area contributed by atoms with Gasteiger partial charge in [0.1, 0.15) is 5.75 Å². The minimum Gasteiger partial charge on any atom is -0.496 e. The first-order valence-corrected chi connectivity index (χ1v) is 8.15. The van der Waals surface area contributed by atoms with E-state index in [0.29, 0.717) is 0 Å². The molecule has 1 aromatic carbocycles. The highest BCUT2D eigenvalue weighted by Crippen LogP contribution is 2.43. The Labute approximate surface area is 130 Å². The van der Waals surface area contributed by atoms with Gasteiger partial charge in [-0.1, -0.05) is 29.3 Å². The Morgan fingerprint density at radius 1 is 1.40 bits per heavy atom. The molecule has 2 rings (SSSR count). The smallest absolute Gasteiger partial charge is 0.122 e. The molecule has 0 saturated heterocycles. The lowest BCUT2D eigenvalue weighted by molar-refractivity contribution is 0.203. The van der Waals surface area contributed by atoms with Crippen LogP contribution >= 0.6 is 15.9 Å². The van der Waals surface area contributed by atoms with Crippen LogP contribution in [-0.2, 0) is 6.42 Å². The molecular weight excluding hydrogens is 314 g/mol. The van der Waals surface area contributed by atoms with Crippen LogP contribution in [0.4, 0.5) is 0 Å². The maximum atomic E-state index is 9.69. The molecule has 0 bridgehead atoms. The van der Waals surface area contributed by atoms with Crippen molar-refractivity contribution in [2.24, 2.45) is 11.3 Å². The molecule has 1 aromatic rings. The summed E-state index contributed by atoms with van der Waals surface area (Å²) in [5.74, 6) is 1.70. The second-order valence-electron chi connectivity index (χ2n) is 5.88. The highest BCUT2D eigenvalue weighted by Gasteiger charge is 2.35. The van der Waals surface area contributed by atoms with Crippen LogP contribution in [0.1, 0.15) is 44.6 Å². The SMILES string of the molecule is CCC1CCC(C#N)(Cc2cc(Br)ccc2OC)CC1. The summed E-state index contributed by atoms with van der Waals surface area (Å²) in [5, 5.41) is 9.69. The van der Waals surface area contributed by atoms with Crippen LogP contribution in [0.25, 0.3) is 0 Å². The second kappa shape index (κ2) is 6.63. The number of nitrogens with zero attached hydrogens (tertiary/aromatic N) is 1. The van der Waals surface area contributed by atoms with Gasteiger partial charge in [-0.25, -0.2) is 0 Å². The van der Waals surface area contributed by atoms with Crippen molar-refractivity contribution >= 4 is 15.9 Å². The Morgan fingerprint density at radius 2 is 2.10 bits per heavy atom. The molecule has 0 radical (unpaired) electrons. The first kappa shape index (κ1) is 15.4. The van der Waals surface area contributed by atoms with Gasteiger partial charge in [0.25, 0.3) is 0 Å². The average Bonchev–Trinajstić information content (AvgIpc) is 2.48. The van der Waals surface area contributed by atoms with Crippen molar-refractivity contribution in [1.82, 2.24) is 0 Å². The van der Waals surface area contributed by atoms with E-state index in [0.717, 1.165) is 41.0 Å². The molecule has 2 nitrogen and oxygen atoms in total. The van der Waals surface area contributed by atoms with E-state index in [4.69, 9.17) is 4.74 Å². The number of hydrogen-bond acceptors (Lipinski definition) is 2. The van der Waals surface area contributed by atoms with Gasteiger partial charge in [-0.2, -0.15) is 5.26 Å². The molecule has 1 fully saturated rings. The zero-order chi connectivity index (χ0) is 14.6. The third-order valence-corrected chi connectivity index (χ3v) is 5.14. The molecule has 1 aliphatic carbocycles. The van der Waals surface area contributed by atoms with Gasteiger partial charge in [0.05, 0.1) is 18.6 Å². The number of rotatable bonds is 4. The lowest BCUT2D eigenvalue weighted by atomic mass is 9.68. The van der Waals surface area contributed by atoms with Gasteiger partial charge in [-0.05, 0) is 61.8 Å². The lowest BCUT2D eigenvalue weighted by Crippen LogP contribution is -2.28. The molecule has 3 heteroatoms. The van der Waals surface area contributed by atoms with Gasteiger partial charge in [0.2, 0.25) is 0 Å². The highest BCUT2D eigenvalue weighted by atomic mass is 79.9. The zero-order valence-corrected chi connectivity index (χ0v) is 13.9. The van der Waals surface area contributed by atoms with E-state index < -0.39 is 0 Å². The van der Waals surface area contributed by atoms with Gasteiger partial charge in [0.15, 0.2) is 0 Å². The van der Waals surface area contributed by atoms with Crippen LogP contribution < -0.4 is 4.74 Å². The Hall–Kier alpha value is -1.01. The zero-order valence-electron chi connectivity index (χ0n) is 12.3. The van der Waals surface area contributed by atoms with Crippen LogP contribution in [0.2, 0.25) is 0 Å². The monoisotopic (exact) mass is 335 g/mol. The van der Waals surface area contributed by atoms with Crippen molar-refractivity contribution in [2.75, 3.05) is 7.11 Å². The summed E-state index contributed by atoms with van der Waals surface area (Å²) >= 11 is 3.51. The molecule has 20 heavy (non-hydrogen) atoms. The molecule has 0 spiro atoms. The van der Waals surface area contributed by atoms with Gasteiger partial charge in [0, 0.05) is 4.47 Å². The molecule has 0 amide bonds. The minimum absolute atomic E-state index is 0.209. The third-order valence-electron chi connectivity index (χ3n) is 4.65. The second-order valence-corrected chi connectivity index (χ2v) is 6.79. The third kappa shape index (κ3) is 3.35. The predicted molar refractivity (Wildman–Crippen MR) is 84.7 cm³/mol. The van der Waals surface area contributed by atoms with E-state index >= 15 is 0 Å². The maximum Gasteiger partial charge on any atom is 0.122 e. The van der Waals surface area contributed by atoms with E-state index in [1.54, 1.807) is 7.11 Å². The summed E-state index contributed by atoms with van der Waals surface area (Å²) < 4.78 is 6.49. The van der Waals surface area contributed by atoms with E-state index in [9.17, 15) is 5.26 Å². The fourth-order valence-electron chi connectivity index (χ4n) is 3.22. The molecule has 0 N–H and O–H groups in total. The molecule has 0 aliphatic heterocycles. The van der Waals surface area contributed by atoms with Crippen molar-refractivity contribution in [3.63, 3.8) is 0 Å². The Kier molecular flexibility index (Phi) is 5.10. The van der Waals surface area contributed by atoms with Gasteiger partial charge >= 0.3 is 0 Å². The standard InChI is InChI=1S/C17H22BrNO/c1-3-13-6-8-17(12-19,9-7-13)11-14-10-15(18)4-5-16(14)20-2/h4-5,10,13H,3,6-9,11H2,1-2H3. The van der Waals surface area contributed by atoms with E-state index in [-0.39, 0.29) is 5.41 Å². The van der Waals surface area contributed by atoms with Crippen molar-refractivity contribution in [1.29, 1.82) is 5.26 Å². The van der Waals surface area contributed by atoms with E-state index in [1.807, 2.05) is 12.1 Å². The molecular formula is C17H22BrNO. The van der Waals surface area contributed by atoms with Crippen molar-refractivity contribution in [3.05, 3.63) is 28.2 Å². The van der Waals surface area contributed by atoms with Crippen LogP contribution in [0.15, 0.2) is 22.7 Å². The fourth-order valence-corrected chi connectivity index (χ4v) is 3.62. The van der Waals surface area contributed by atoms with Gasteiger partial charge in [-0.15, -0.1) is 0 Å². The number of benzene rings is 1. The normalized spacial score (nSPS) is 26.0. The average molecular weight is 336 g/mol. The van der Waals surface area contributed by atoms with E-state index in [2.05, 4.69) is 35.0 Å². The fraction of sp³-hybridized carbons (Fsp3) is 0.588. The molecule has 0 unspecified atom stereocenters. The number of methoxy groups -OCH3 is 1. The molecule has 0 heterocycles. The number of hydrogen-bond donors (Lipinski definition) is 0. The van der Waals surface area contributed by atoms with Crippen LogP contribution in [0.5, 0.6) is 5.75 Å². The summed E-state index contributed by atoms with van der Waals surface area (Å²) in [7, 11) is 1.69. The summed E-state index contributed by atoms with van der Waals surface area (Å²) in [6.07, 6.45) is 6.42. The highest BCUT2D eigenvalue weighted by molar-refractivity contribution is 9.10. The number of ether oxygens (including phenoxy) is 1. The quantitative estimate of drug-likeness (QED) is 0.765. The van der Waals surface area contributed by atoms with Crippen LogP contribution in [-0.4, -0.2) is 7.11 Å². The molecule has 0 aromatic heterocycles. The van der Waals surface area contributed by atoms with Gasteiger partial charge in [-0.3, -0.25) is 0 Å². The van der Waals surface area contributed by atoms with E-state index in [1.165, 1.54) is 19.3 Å². The summed E-state index contributed by atoms with van der Waals surface area (Å²) in [6, 6.07) is 8.65.